The second-order valence-corrected chi connectivity index (χ2v) is 33.2. The van der Waals surface area contributed by atoms with Gasteiger partial charge in [-0.3, -0.25) is 9.59 Å². The number of rotatable bonds is 24. The summed E-state index contributed by atoms with van der Waals surface area (Å²) in [6, 6.07) is 23.7. The van der Waals surface area contributed by atoms with Crippen molar-refractivity contribution < 1.29 is 47.7 Å². The molecule has 0 aromatic heterocycles. The van der Waals surface area contributed by atoms with E-state index in [0.29, 0.717) is 91.9 Å². The number of nitrogens with zero attached hydrogens (tertiary/aromatic N) is 2. The van der Waals surface area contributed by atoms with Gasteiger partial charge in [0.25, 0.3) is 0 Å². The molecule has 0 amide bonds. The standard InChI is InChI=1S/C64H56N2O10S12/c1-7-27-73-57(69)53-54(58(70)74-28-8-2)82-51(81-53)37-47-35-46(24-22-42-15-19-44(20-16-42)34-50-86-62(78-32-12-26-66)64(88-50)80-40(6)68)48(38-52-83-55(59(71)75-29-9-3)56(84-52)60(72)76-30-10-4)36-45(47)23-21-41-13-17-43(18-14-41)33-49-85-61(77-31-11-25-65)63(87-49)79-39(5)67/h13-20,33-38H,7-12,27-32H2,1-6H3/b49-33-,50-34+. The monoisotopic (exact) mass is 1400 g/mol. The second-order valence-electron chi connectivity index (χ2n) is 18.2. The minimum Gasteiger partial charge on any atom is -0.462 e. The zero-order valence-electron chi connectivity index (χ0n) is 48.4. The second kappa shape index (κ2) is 36.8. The van der Waals surface area contributed by atoms with Gasteiger partial charge < -0.3 is 18.9 Å². The summed E-state index contributed by atoms with van der Waals surface area (Å²) in [6.45, 7) is 11.3. The van der Waals surface area contributed by atoms with Gasteiger partial charge in [-0.1, -0.05) is 170 Å². The van der Waals surface area contributed by atoms with E-state index in [4.69, 9.17) is 29.5 Å². The number of benzene rings is 3. The van der Waals surface area contributed by atoms with Crippen LogP contribution in [0.4, 0.5) is 0 Å². The Bertz CT molecular complexity index is 3400. The third-order valence-electron chi connectivity index (χ3n) is 11.0. The maximum Gasteiger partial charge on any atom is 0.346 e. The Morgan fingerprint density at radius 2 is 0.739 bits per heavy atom. The molecule has 3 aromatic rings. The van der Waals surface area contributed by atoms with Crippen LogP contribution in [0.3, 0.4) is 0 Å². The van der Waals surface area contributed by atoms with Gasteiger partial charge in [-0.15, -0.1) is 23.5 Å². The molecule has 0 radical (unpaired) electrons. The molecule has 24 heteroatoms. The molecule has 454 valence electrons. The number of hydrogen-bond donors (Lipinski definition) is 0. The zero-order valence-corrected chi connectivity index (χ0v) is 58.2. The summed E-state index contributed by atoms with van der Waals surface area (Å²) < 4.78 is 29.2. The van der Waals surface area contributed by atoms with Gasteiger partial charge in [0.2, 0.25) is 0 Å². The van der Waals surface area contributed by atoms with E-state index >= 15 is 0 Å². The fourth-order valence-electron chi connectivity index (χ4n) is 7.18. The molecule has 0 aliphatic carbocycles. The van der Waals surface area contributed by atoms with Crippen molar-refractivity contribution in [2.75, 3.05) is 37.9 Å². The highest BCUT2D eigenvalue weighted by molar-refractivity contribution is 8.43. The summed E-state index contributed by atoms with van der Waals surface area (Å²) in [7, 11) is 0. The Morgan fingerprint density at radius 1 is 0.432 bits per heavy atom. The Labute approximate surface area is 564 Å². The molecule has 0 saturated heterocycles. The highest BCUT2D eigenvalue weighted by Gasteiger charge is 2.35. The Balaban J connectivity index is 1.32. The minimum absolute atomic E-state index is 0.0126. The van der Waals surface area contributed by atoms with Gasteiger partial charge in [0.1, 0.15) is 19.6 Å². The van der Waals surface area contributed by atoms with E-state index in [2.05, 4.69) is 48.0 Å². The molecule has 0 spiro atoms. The molecule has 88 heavy (non-hydrogen) atoms. The van der Waals surface area contributed by atoms with Crippen molar-refractivity contribution in [2.24, 2.45) is 0 Å². The number of thioether (sulfide) groups is 12. The van der Waals surface area contributed by atoms with Crippen LogP contribution in [0.2, 0.25) is 0 Å². The van der Waals surface area contributed by atoms with E-state index in [9.17, 15) is 28.8 Å². The number of ether oxygens (including phenoxy) is 4. The fraction of sp³-hybridized carbons (Fsp3) is 0.281. The SMILES string of the molecule is CCCOC(=O)C1=C(C(=O)OCCC)SC(=Cc2cc(C#Cc3ccc(/C=C4\SC(SCCC#N)=C(SC(C)=O)S4)cc3)c(C=C3SC(C(=O)OCCC)=C(C(=O)OCCC)S3)cc2C#Cc2ccc(/C=C3/SC(SCCC#N)=C(SC(C)=O)S3)cc2)S1. The van der Waals surface area contributed by atoms with Gasteiger partial charge in [0.15, 0.2) is 10.2 Å². The first kappa shape index (κ1) is 70.6. The van der Waals surface area contributed by atoms with Crippen molar-refractivity contribution in [1.82, 2.24) is 0 Å². The van der Waals surface area contributed by atoms with Gasteiger partial charge >= 0.3 is 23.9 Å². The predicted octanol–water partition coefficient (Wildman–Crippen LogP) is 17.9. The largest absolute Gasteiger partial charge is 0.462 e. The van der Waals surface area contributed by atoms with Crippen LogP contribution in [0, 0.1) is 46.3 Å². The smallest absolute Gasteiger partial charge is 0.346 e. The quantitative estimate of drug-likeness (QED) is 0.0356. The molecule has 0 saturated carbocycles. The van der Waals surface area contributed by atoms with Crippen molar-refractivity contribution in [3.8, 4) is 35.8 Å². The number of esters is 4. The lowest BCUT2D eigenvalue weighted by molar-refractivity contribution is -0.141. The Hall–Kier alpha value is -4.90. The predicted molar refractivity (Wildman–Crippen MR) is 379 cm³/mol. The van der Waals surface area contributed by atoms with Gasteiger partial charge in [-0.25, -0.2) is 19.2 Å². The van der Waals surface area contributed by atoms with Crippen LogP contribution in [0.25, 0.3) is 24.3 Å². The van der Waals surface area contributed by atoms with Crippen LogP contribution >= 0.6 is 141 Å². The molecule has 4 aliphatic heterocycles. The van der Waals surface area contributed by atoms with Gasteiger partial charge in [-0.2, -0.15) is 10.5 Å². The fourth-order valence-corrected chi connectivity index (χ4v) is 22.6. The van der Waals surface area contributed by atoms with E-state index in [0.717, 1.165) is 83.6 Å². The highest BCUT2D eigenvalue weighted by Crippen LogP contribution is 2.59. The average Bonchev–Trinajstić information content (AvgIpc) is 2.69. The molecule has 0 bridgehead atoms. The molecule has 4 aliphatic rings. The summed E-state index contributed by atoms with van der Waals surface area (Å²) in [6.07, 6.45) is 11.0. The van der Waals surface area contributed by atoms with Crippen LogP contribution in [-0.4, -0.2) is 72.0 Å². The number of carbonyl (C=O) groups excluding carboxylic acids is 6. The summed E-state index contributed by atoms with van der Waals surface area (Å²) in [5.41, 5.74) is 5.56. The van der Waals surface area contributed by atoms with Crippen molar-refractivity contribution >= 4 is 200 Å². The van der Waals surface area contributed by atoms with Crippen molar-refractivity contribution in [3.05, 3.63) is 159 Å². The number of nitriles is 2. The zero-order chi connectivity index (χ0) is 63.0. The summed E-state index contributed by atoms with van der Waals surface area (Å²) in [5, 5.41) is 18.2. The normalized spacial score (nSPS) is 15.4. The van der Waals surface area contributed by atoms with Crippen molar-refractivity contribution in [1.29, 1.82) is 10.5 Å². The lowest BCUT2D eigenvalue weighted by Gasteiger charge is -2.09. The van der Waals surface area contributed by atoms with Crippen LogP contribution < -0.4 is 0 Å². The first-order chi connectivity index (χ1) is 42.6. The van der Waals surface area contributed by atoms with Crippen molar-refractivity contribution in [2.45, 2.75) is 80.1 Å². The van der Waals surface area contributed by atoms with E-state index in [1.54, 1.807) is 47.0 Å². The van der Waals surface area contributed by atoms with Gasteiger partial charge in [0.05, 0.1) is 72.5 Å². The number of hydrogen-bond acceptors (Lipinski definition) is 24. The summed E-state index contributed by atoms with van der Waals surface area (Å²) in [4.78, 5) is 79.0. The highest BCUT2D eigenvalue weighted by atomic mass is 32.3. The molecule has 0 N–H and O–H groups in total. The molecular formula is C64H56N2O10S12. The van der Waals surface area contributed by atoms with Crippen LogP contribution in [0.5, 0.6) is 0 Å². The molecule has 0 unspecified atom stereocenters. The lowest BCUT2D eigenvalue weighted by atomic mass is 9.97. The number of carbonyl (C=O) groups is 6. The van der Waals surface area contributed by atoms with Crippen LogP contribution in [0.15, 0.2) is 114 Å². The van der Waals surface area contributed by atoms with Crippen molar-refractivity contribution in [3.63, 3.8) is 0 Å². The molecule has 4 heterocycles. The summed E-state index contributed by atoms with van der Waals surface area (Å²) >= 11 is 16.2. The molecule has 12 nitrogen and oxygen atoms in total. The minimum atomic E-state index is -0.631. The lowest BCUT2D eigenvalue weighted by Crippen LogP contribution is -2.12. The van der Waals surface area contributed by atoms with E-state index in [-0.39, 0.29) is 56.3 Å². The van der Waals surface area contributed by atoms with E-state index in [1.807, 2.05) is 101 Å². The van der Waals surface area contributed by atoms with Crippen LogP contribution in [0.1, 0.15) is 125 Å². The third kappa shape index (κ3) is 21.6. The third-order valence-corrected chi connectivity index (χ3v) is 26.0. The molecule has 0 fully saturated rings. The van der Waals surface area contributed by atoms with Crippen LogP contribution in [-0.2, 0) is 47.7 Å². The molecule has 0 atom stereocenters. The first-order valence-electron chi connectivity index (χ1n) is 27.4. The molecular weight excluding hydrogens is 1340 g/mol. The van der Waals surface area contributed by atoms with Gasteiger partial charge in [-0.05, 0) is 132 Å². The topological polar surface area (TPSA) is 187 Å². The maximum atomic E-state index is 13.6. The maximum absolute atomic E-state index is 13.6. The molecule has 3 aromatic carbocycles. The molecule has 7 rings (SSSR count). The van der Waals surface area contributed by atoms with E-state index < -0.39 is 23.9 Å². The van der Waals surface area contributed by atoms with Gasteiger partial charge in [0, 0.05) is 60.4 Å². The average molecular weight is 1400 g/mol. The first-order valence-corrected chi connectivity index (χ1v) is 37.5. The Morgan fingerprint density at radius 3 is 1.03 bits per heavy atom. The Kier molecular flexibility index (Phi) is 29.5. The van der Waals surface area contributed by atoms with E-state index in [1.165, 1.54) is 60.9 Å². The summed E-state index contributed by atoms with van der Waals surface area (Å²) in [5.74, 6) is 12.2.